The van der Waals surface area contributed by atoms with Crippen molar-refractivity contribution in [3.63, 3.8) is 0 Å². The molecule has 18 heavy (non-hydrogen) atoms. The van der Waals surface area contributed by atoms with E-state index in [0.717, 1.165) is 19.3 Å². The van der Waals surface area contributed by atoms with E-state index in [1.54, 1.807) is 0 Å². The van der Waals surface area contributed by atoms with Crippen molar-refractivity contribution in [2.75, 3.05) is 25.1 Å². The fourth-order valence-electron chi connectivity index (χ4n) is 2.54. The third-order valence-electron chi connectivity index (χ3n) is 4.31. The van der Waals surface area contributed by atoms with Crippen molar-refractivity contribution in [3.05, 3.63) is 0 Å². The zero-order valence-corrected chi connectivity index (χ0v) is 13.0. The summed E-state index contributed by atoms with van der Waals surface area (Å²) >= 11 is 0. The molecule has 2 atom stereocenters. The smallest absolute Gasteiger partial charge is 0.151 e. The van der Waals surface area contributed by atoms with Crippen molar-refractivity contribution in [2.45, 2.75) is 51.6 Å². The summed E-state index contributed by atoms with van der Waals surface area (Å²) in [6.07, 6.45) is 2.89. The summed E-state index contributed by atoms with van der Waals surface area (Å²) in [6, 6.07) is 0.135. The quantitative estimate of drug-likeness (QED) is 0.793. The van der Waals surface area contributed by atoms with Crippen molar-refractivity contribution in [2.24, 2.45) is 11.7 Å². The topological polar surface area (TPSA) is 63.4 Å². The molecule has 0 aromatic heterocycles. The van der Waals surface area contributed by atoms with E-state index in [1.165, 1.54) is 0 Å². The third kappa shape index (κ3) is 3.93. The Labute approximate surface area is 112 Å². The minimum atomic E-state index is -2.82. The van der Waals surface area contributed by atoms with E-state index in [-0.39, 0.29) is 11.6 Å². The van der Waals surface area contributed by atoms with Crippen LogP contribution >= 0.6 is 0 Å². The molecule has 0 spiro atoms. The van der Waals surface area contributed by atoms with E-state index in [0.29, 0.717) is 24.0 Å². The van der Waals surface area contributed by atoms with Gasteiger partial charge in [0.05, 0.1) is 11.5 Å². The zero-order chi connectivity index (χ0) is 14.0. The first kappa shape index (κ1) is 15.9. The summed E-state index contributed by atoms with van der Waals surface area (Å²) in [7, 11) is -0.796. The van der Waals surface area contributed by atoms with Crippen molar-refractivity contribution in [1.29, 1.82) is 0 Å². The van der Waals surface area contributed by atoms with E-state index >= 15 is 0 Å². The number of nitrogens with zero attached hydrogens (tertiary/aromatic N) is 1. The van der Waals surface area contributed by atoms with Gasteiger partial charge in [-0.1, -0.05) is 13.8 Å². The van der Waals surface area contributed by atoms with Gasteiger partial charge in [0.25, 0.3) is 0 Å². The maximum atomic E-state index is 11.6. The first-order valence-electron chi connectivity index (χ1n) is 6.83. The number of sulfone groups is 1. The molecule has 0 aliphatic carbocycles. The number of likely N-dealkylation sites (N-methyl/N-ethyl adjacent to an activating group) is 1. The summed E-state index contributed by atoms with van der Waals surface area (Å²) in [5, 5.41) is 0. The summed E-state index contributed by atoms with van der Waals surface area (Å²) < 4.78 is 23.1. The Morgan fingerprint density at radius 1 is 1.44 bits per heavy atom. The molecule has 1 saturated heterocycles. The molecule has 0 radical (unpaired) electrons. The van der Waals surface area contributed by atoms with Gasteiger partial charge in [0.2, 0.25) is 0 Å². The zero-order valence-electron chi connectivity index (χ0n) is 12.1. The van der Waals surface area contributed by atoms with Gasteiger partial charge in [0, 0.05) is 18.1 Å². The lowest BCUT2D eigenvalue weighted by molar-refractivity contribution is 0.0894. The van der Waals surface area contributed by atoms with Crippen LogP contribution in [-0.4, -0.2) is 50.0 Å². The highest BCUT2D eigenvalue weighted by Gasteiger charge is 2.38. The van der Waals surface area contributed by atoms with E-state index in [4.69, 9.17) is 5.73 Å². The van der Waals surface area contributed by atoms with Crippen molar-refractivity contribution >= 4 is 9.84 Å². The molecular formula is C13H28N2O2S. The van der Waals surface area contributed by atoms with Crippen LogP contribution in [0.25, 0.3) is 0 Å². The van der Waals surface area contributed by atoms with Crippen molar-refractivity contribution in [3.8, 4) is 0 Å². The van der Waals surface area contributed by atoms with Crippen molar-refractivity contribution < 1.29 is 8.42 Å². The van der Waals surface area contributed by atoms with Gasteiger partial charge in [-0.25, -0.2) is 8.42 Å². The predicted octanol–water partition coefficient (Wildman–Crippen LogP) is 1.26. The molecule has 0 saturated carbocycles. The minimum absolute atomic E-state index is 0.0885. The lowest BCUT2D eigenvalue weighted by Gasteiger charge is -2.42. The molecule has 1 fully saturated rings. The summed E-state index contributed by atoms with van der Waals surface area (Å²) in [6.45, 7) is 7.14. The number of rotatable bonds is 6. The third-order valence-corrected chi connectivity index (χ3v) is 6.06. The van der Waals surface area contributed by atoms with E-state index in [2.05, 4.69) is 25.7 Å². The SMILES string of the molecule is CC(C)CCC(C)(CN)N(C)C1CCS(=O)(=O)C1. The molecule has 0 bridgehead atoms. The Morgan fingerprint density at radius 2 is 2.06 bits per heavy atom. The molecule has 1 rings (SSSR count). The molecule has 4 nitrogen and oxygen atoms in total. The molecule has 1 heterocycles. The molecule has 1 aliphatic heterocycles. The maximum Gasteiger partial charge on any atom is 0.151 e. The molecule has 2 unspecified atom stereocenters. The van der Waals surface area contributed by atoms with Crippen LogP contribution in [0.1, 0.15) is 40.0 Å². The largest absolute Gasteiger partial charge is 0.329 e. The molecule has 108 valence electrons. The first-order chi connectivity index (χ1) is 8.20. The first-order valence-corrected chi connectivity index (χ1v) is 8.66. The van der Waals surface area contributed by atoms with Crippen LogP contribution in [-0.2, 0) is 9.84 Å². The van der Waals surface area contributed by atoms with Gasteiger partial charge in [-0.15, -0.1) is 0 Å². The highest BCUT2D eigenvalue weighted by atomic mass is 32.2. The second-order valence-electron chi connectivity index (χ2n) is 6.30. The maximum absolute atomic E-state index is 11.6. The Kier molecular flexibility index (Phi) is 5.21. The molecule has 2 N–H and O–H groups in total. The van der Waals surface area contributed by atoms with Crippen LogP contribution in [0.3, 0.4) is 0 Å². The Bertz CT molecular complexity index is 367. The van der Waals surface area contributed by atoms with Crippen LogP contribution < -0.4 is 5.73 Å². The van der Waals surface area contributed by atoms with Gasteiger partial charge < -0.3 is 5.73 Å². The van der Waals surface area contributed by atoms with Crippen molar-refractivity contribution in [1.82, 2.24) is 4.90 Å². The van der Waals surface area contributed by atoms with Gasteiger partial charge in [0.15, 0.2) is 9.84 Å². The Hall–Kier alpha value is -0.130. The van der Waals surface area contributed by atoms with E-state index in [9.17, 15) is 8.42 Å². The Balaban J connectivity index is 2.69. The van der Waals surface area contributed by atoms with E-state index in [1.807, 2.05) is 7.05 Å². The average molecular weight is 276 g/mol. The standard InChI is InChI=1S/C13H28N2O2S/c1-11(2)5-7-13(3,10-14)15(4)12-6-8-18(16,17)9-12/h11-12H,5-10,14H2,1-4H3. The molecule has 5 heteroatoms. The highest BCUT2D eigenvalue weighted by molar-refractivity contribution is 7.91. The van der Waals surface area contributed by atoms with Crippen LogP contribution in [0.4, 0.5) is 0 Å². The fourth-order valence-corrected chi connectivity index (χ4v) is 4.32. The minimum Gasteiger partial charge on any atom is -0.329 e. The fraction of sp³-hybridized carbons (Fsp3) is 1.00. The number of nitrogens with two attached hydrogens (primary N) is 1. The van der Waals surface area contributed by atoms with E-state index < -0.39 is 9.84 Å². The predicted molar refractivity (Wildman–Crippen MR) is 76.4 cm³/mol. The Morgan fingerprint density at radius 3 is 2.44 bits per heavy atom. The number of hydrogen-bond acceptors (Lipinski definition) is 4. The average Bonchev–Trinajstić information content (AvgIpc) is 2.65. The molecule has 0 aromatic rings. The highest BCUT2D eigenvalue weighted by Crippen LogP contribution is 2.27. The van der Waals surface area contributed by atoms with Gasteiger partial charge in [-0.2, -0.15) is 0 Å². The normalized spacial score (nSPS) is 26.7. The van der Waals surface area contributed by atoms with Gasteiger partial charge >= 0.3 is 0 Å². The monoisotopic (exact) mass is 276 g/mol. The molecular weight excluding hydrogens is 248 g/mol. The van der Waals surface area contributed by atoms with Crippen LogP contribution in [0.5, 0.6) is 0 Å². The lowest BCUT2D eigenvalue weighted by atomic mass is 9.89. The van der Waals surface area contributed by atoms with Gasteiger partial charge in [-0.05, 0) is 39.2 Å². The van der Waals surface area contributed by atoms with Gasteiger partial charge in [-0.3, -0.25) is 4.90 Å². The molecule has 1 aliphatic rings. The van der Waals surface area contributed by atoms with Gasteiger partial charge in [0.1, 0.15) is 0 Å². The summed E-state index contributed by atoms with van der Waals surface area (Å²) in [5.41, 5.74) is 5.85. The summed E-state index contributed by atoms with van der Waals surface area (Å²) in [5.74, 6) is 1.27. The second kappa shape index (κ2) is 5.88. The second-order valence-corrected chi connectivity index (χ2v) is 8.53. The van der Waals surface area contributed by atoms with Crippen LogP contribution in [0.15, 0.2) is 0 Å². The molecule has 0 aromatic carbocycles. The van der Waals surface area contributed by atoms with Crippen LogP contribution in [0, 0.1) is 5.92 Å². The van der Waals surface area contributed by atoms with Crippen LogP contribution in [0.2, 0.25) is 0 Å². The number of hydrogen-bond donors (Lipinski definition) is 1. The summed E-state index contributed by atoms with van der Waals surface area (Å²) in [4.78, 5) is 2.21. The molecule has 0 amide bonds. The lowest BCUT2D eigenvalue weighted by Crippen LogP contribution is -2.54.